The fraction of sp³-hybridized carbons (Fsp3) is 0.310. The van der Waals surface area contributed by atoms with Crippen LogP contribution in [0.15, 0.2) is 77.7 Å². The molecular formula is C29H34ClN3O5S. The summed E-state index contributed by atoms with van der Waals surface area (Å²) in [7, 11) is -2.62. The Morgan fingerprint density at radius 1 is 0.923 bits per heavy atom. The summed E-state index contributed by atoms with van der Waals surface area (Å²) >= 11 is 6.03. The average Bonchev–Trinajstić information content (AvgIpc) is 2.90. The zero-order valence-corrected chi connectivity index (χ0v) is 24.3. The molecule has 0 spiro atoms. The van der Waals surface area contributed by atoms with E-state index in [1.165, 1.54) is 24.1 Å². The van der Waals surface area contributed by atoms with Gasteiger partial charge in [0.05, 0.1) is 17.7 Å². The molecule has 3 aromatic carbocycles. The largest absolute Gasteiger partial charge is 0.497 e. The molecule has 0 aliphatic rings. The smallest absolute Gasteiger partial charge is 0.264 e. The number of carbonyl (C=O) groups excluding carboxylic acids is 2. The SMILES string of the molecule is COc1ccc(N(CC(=O)N(Cc2ccc(Cl)cc2)[C@@H](C)C(=O)NC(C)C)S(=O)(=O)c2ccc(C)cc2)cc1. The van der Waals surface area contributed by atoms with Gasteiger partial charge in [-0.25, -0.2) is 8.42 Å². The number of nitrogens with zero attached hydrogens (tertiary/aromatic N) is 2. The van der Waals surface area contributed by atoms with Gasteiger partial charge in [-0.05, 0) is 81.8 Å². The quantitative estimate of drug-likeness (QED) is 0.357. The van der Waals surface area contributed by atoms with E-state index in [0.29, 0.717) is 10.8 Å². The summed E-state index contributed by atoms with van der Waals surface area (Å²) in [4.78, 5) is 28.2. The third kappa shape index (κ3) is 7.74. The first-order chi connectivity index (χ1) is 18.4. The number of halogens is 1. The number of hydrogen-bond donors (Lipinski definition) is 1. The van der Waals surface area contributed by atoms with Gasteiger partial charge < -0.3 is 15.0 Å². The van der Waals surface area contributed by atoms with Crippen molar-refractivity contribution in [3.8, 4) is 5.75 Å². The molecule has 0 saturated heterocycles. The monoisotopic (exact) mass is 571 g/mol. The van der Waals surface area contributed by atoms with E-state index in [-0.39, 0.29) is 29.1 Å². The second kappa shape index (κ2) is 13.0. The normalized spacial score (nSPS) is 12.1. The van der Waals surface area contributed by atoms with Crippen LogP contribution in [0.5, 0.6) is 5.75 Å². The molecule has 0 aliphatic carbocycles. The fourth-order valence-electron chi connectivity index (χ4n) is 3.89. The molecule has 3 rings (SSSR count). The minimum atomic E-state index is -4.14. The Kier molecular flexibility index (Phi) is 9.99. The Balaban J connectivity index is 2.03. The summed E-state index contributed by atoms with van der Waals surface area (Å²) in [6.07, 6.45) is 0. The van der Waals surface area contributed by atoms with Crippen LogP contribution in [0.4, 0.5) is 5.69 Å². The molecule has 1 atom stereocenters. The Bertz CT molecular complexity index is 1380. The van der Waals surface area contributed by atoms with Gasteiger partial charge in [0.2, 0.25) is 11.8 Å². The molecule has 0 aromatic heterocycles. The molecule has 1 N–H and O–H groups in total. The molecule has 0 unspecified atom stereocenters. The number of carbonyl (C=O) groups is 2. The molecule has 8 nitrogen and oxygen atoms in total. The maximum absolute atomic E-state index is 13.9. The molecule has 3 aromatic rings. The van der Waals surface area contributed by atoms with Crippen LogP contribution in [0.3, 0.4) is 0 Å². The van der Waals surface area contributed by atoms with Crippen molar-refractivity contribution in [2.45, 2.75) is 51.2 Å². The van der Waals surface area contributed by atoms with E-state index in [0.717, 1.165) is 15.4 Å². The fourth-order valence-corrected chi connectivity index (χ4v) is 5.43. The van der Waals surface area contributed by atoms with Gasteiger partial charge >= 0.3 is 0 Å². The van der Waals surface area contributed by atoms with E-state index in [1.807, 2.05) is 20.8 Å². The topological polar surface area (TPSA) is 96.0 Å². The summed E-state index contributed by atoms with van der Waals surface area (Å²) in [6.45, 7) is 6.71. The molecule has 0 fully saturated rings. The highest BCUT2D eigenvalue weighted by molar-refractivity contribution is 7.92. The van der Waals surface area contributed by atoms with Crippen molar-refractivity contribution in [1.82, 2.24) is 10.2 Å². The van der Waals surface area contributed by atoms with Crippen molar-refractivity contribution in [3.63, 3.8) is 0 Å². The highest BCUT2D eigenvalue weighted by Crippen LogP contribution is 2.27. The lowest BCUT2D eigenvalue weighted by Gasteiger charge is -2.32. The van der Waals surface area contributed by atoms with Crippen molar-refractivity contribution in [2.24, 2.45) is 0 Å². The van der Waals surface area contributed by atoms with Crippen LogP contribution < -0.4 is 14.4 Å². The van der Waals surface area contributed by atoms with Crippen LogP contribution >= 0.6 is 11.6 Å². The molecule has 2 amide bonds. The lowest BCUT2D eigenvalue weighted by atomic mass is 10.1. The van der Waals surface area contributed by atoms with Crippen LogP contribution in [0.1, 0.15) is 31.9 Å². The van der Waals surface area contributed by atoms with Crippen LogP contribution in [-0.4, -0.2) is 50.9 Å². The number of hydrogen-bond acceptors (Lipinski definition) is 5. The molecule has 0 saturated carbocycles. The van der Waals surface area contributed by atoms with E-state index in [1.54, 1.807) is 67.6 Å². The summed E-state index contributed by atoms with van der Waals surface area (Å²) in [5.41, 5.74) is 1.94. The Morgan fingerprint density at radius 3 is 2.05 bits per heavy atom. The maximum Gasteiger partial charge on any atom is 0.264 e. The molecule has 0 bridgehead atoms. The standard InChI is InChI=1S/C29H34ClN3O5S/c1-20(2)31-29(35)22(4)32(18-23-8-10-24(30)11-9-23)28(34)19-33(25-12-14-26(38-5)15-13-25)39(36,37)27-16-6-21(3)7-17-27/h6-17,20,22H,18-19H2,1-5H3,(H,31,35)/t22-/m0/s1. The number of ether oxygens (including phenoxy) is 1. The summed E-state index contributed by atoms with van der Waals surface area (Å²) in [5, 5.41) is 3.37. The summed E-state index contributed by atoms with van der Waals surface area (Å²) in [6, 6.07) is 18.8. The van der Waals surface area contributed by atoms with Gasteiger partial charge in [-0.1, -0.05) is 41.4 Å². The van der Waals surface area contributed by atoms with Gasteiger partial charge in [-0.3, -0.25) is 13.9 Å². The third-order valence-corrected chi connectivity index (χ3v) is 8.15. The number of sulfonamides is 1. The van der Waals surface area contributed by atoms with Crippen LogP contribution in [0, 0.1) is 6.92 Å². The van der Waals surface area contributed by atoms with Crippen LogP contribution in [0.2, 0.25) is 5.02 Å². The summed E-state index contributed by atoms with van der Waals surface area (Å²) < 4.78 is 33.9. The Morgan fingerprint density at radius 2 is 1.51 bits per heavy atom. The first-order valence-electron chi connectivity index (χ1n) is 12.5. The summed E-state index contributed by atoms with van der Waals surface area (Å²) in [5.74, 6) is -0.339. The van der Waals surface area contributed by atoms with Gasteiger partial charge in [0.1, 0.15) is 18.3 Å². The van der Waals surface area contributed by atoms with E-state index >= 15 is 0 Å². The molecular weight excluding hydrogens is 538 g/mol. The van der Waals surface area contributed by atoms with E-state index in [2.05, 4.69) is 5.32 Å². The predicted octanol–water partition coefficient (Wildman–Crippen LogP) is 4.79. The zero-order chi connectivity index (χ0) is 28.7. The van der Waals surface area contributed by atoms with Gasteiger partial charge in [0.15, 0.2) is 0 Å². The molecule has 39 heavy (non-hydrogen) atoms. The average molecular weight is 572 g/mol. The highest BCUT2D eigenvalue weighted by Gasteiger charge is 2.32. The predicted molar refractivity (Wildman–Crippen MR) is 153 cm³/mol. The van der Waals surface area contributed by atoms with Crippen molar-refractivity contribution >= 4 is 39.1 Å². The van der Waals surface area contributed by atoms with Crippen LogP contribution in [0.25, 0.3) is 0 Å². The number of methoxy groups -OCH3 is 1. The lowest BCUT2D eigenvalue weighted by Crippen LogP contribution is -2.52. The molecule has 0 aliphatic heterocycles. The van der Waals surface area contributed by atoms with E-state index < -0.39 is 28.5 Å². The number of amides is 2. The number of aryl methyl sites for hydroxylation is 1. The van der Waals surface area contributed by atoms with E-state index in [4.69, 9.17) is 16.3 Å². The maximum atomic E-state index is 13.9. The van der Waals surface area contributed by atoms with Crippen molar-refractivity contribution < 1.29 is 22.7 Å². The molecule has 208 valence electrons. The highest BCUT2D eigenvalue weighted by atomic mass is 35.5. The number of anilines is 1. The first kappa shape index (κ1) is 30.0. The lowest BCUT2D eigenvalue weighted by molar-refractivity contribution is -0.139. The van der Waals surface area contributed by atoms with Crippen molar-refractivity contribution in [1.29, 1.82) is 0 Å². The number of benzene rings is 3. The minimum absolute atomic E-state index is 0.0477. The van der Waals surface area contributed by atoms with E-state index in [9.17, 15) is 18.0 Å². The minimum Gasteiger partial charge on any atom is -0.497 e. The zero-order valence-electron chi connectivity index (χ0n) is 22.7. The Hall–Kier alpha value is -3.56. The first-order valence-corrected chi connectivity index (χ1v) is 14.3. The third-order valence-electron chi connectivity index (χ3n) is 6.11. The molecule has 0 heterocycles. The van der Waals surface area contributed by atoms with Crippen molar-refractivity contribution in [3.05, 3.63) is 88.9 Å². The second-order valence-corrected chi connectivity index (χ2v) is 11.8. The number of rotatable bonds is 11. The van der Waals surface area contributed by atoms with Gasteiger partial charge in [-0.2, -0.15) is 0 Å². The Labute approximate surface area is 235 Å². The number of nitrogens with one attached hydrogen (secondary N) is 1. The molecule has 10 heteroatoms. The van der Waals surface area contributed by atoms with Gasteiger partial charge in [0.25, 0.3) is 10.0 Å². The second-order valence-electron chi connectivity index (χ2n) is 9.51. The van der Waals surface area contributed by atoms with Gasteiger partial charge in [-0.15, -0.1) is 0 Å². The van der Waals surface area contributed by atoms with Gasteiger partial charge in [0, 0.05) is 17.6 Å². The van der Waals surface area contributed by atoms with Crippen molar-refractivity contribution in [2.75, 3.05) is 18.0 Å². The molecule has 0 radical (unpaired) electrons. The van der Waals surface area contributed by atoms with Crippen LogP contribution in [-0.2, 0) is 26.2 Å².